The molecule has 3 nitrogen and oxygen atoms in total. The van der Waals surface area contributed by atoms with Crippen molar-refractivity contribution in [3.63, 3.8) is 0 Å². The highest BCUT2D eigenvalue weighted by atomic mass is 16.5. The Labute approximate surface area is 111 Å². The van der Waals surface area contributed by atoms with Gasteiger partial charge in [0.15, 0.2) is 0 Å². The molecule has 0 bridgehead atoms. The molecule has 3 aliphatic rings. The first-order valence-corrected chi connectivity index (χ1v) is 7.68. The van der Waals surface area contributed by atoms with Crippen molar-refractivity contribution in [2.45, 2.75) is 70.2 Å². The molecule has 2 aliphatic heterocycles. The second-order valence-electron chi connectivity index (χ2n) is 7.25. The molecule has 1 N–H and O–H groups in total. The van der Waals surface area contributed by atoms with Crippen molar-refractivity contribution in [1.82, 2.24) is 10.2 Å². The molecule has 3 rings (SSSR count). The first-order valence-electron chi connectivity index (χ1n) is 7.68. The van der Waals surface area contributed by atoms with Crippen LogP contribution in [-0.4, -0.2) is 48.3 Å². The molecule has 18 heavy (non-hydrogen) atoms. The van der Waals surface area contributed by atoms with E-state index in [-0.39, 0.29) is 5.54 Å². The van der Waals surface area contributed by atoms with Gasteiger partial charge in [-0.2, -0.15) is 0 Å². The van der Waals surface area contributed by atoms with Crippen LogP contribution in [0.1, 0.15) is 46.5 Å². The monoisotopic (exact) mass is 252 g/mol. The number of piperazine rings is 1. The van der Waals surface area contributed by atoms with E-state index in [0.717, 1.165) is 18.5 Å². The Hall–Kier alpha value is -0.120. The second-order valence-corrected chi connectivity index (χ2v) is 7.25. The molecule has 3 unspecified atom stereocenters. The summed E-state index contributed by atoms with van der Waals surface area (Å²) in [6, 6.07) is 0.762. The zero-order chi connectivity index (χ0) is 12.8. The summed E-state index contributed by atoms with van der Waals surface area (Å²) in [5.74, 6) is 0.951. The summed E-state index contributed by atoms with van der Waals surface area (Å²) in [6.45, 7) is 10.3. The highest BCUT2D eigenvalue weighted by Gasteiger charge is 2.42. The van der Waals surface area contributed by atoms with Crippen LogP contribution in [0.4, 0.5) is 0 Å². The summed E-state index contributed by atoms with van der Waals surface area (Å²) in [4.78, 5) is 2.72. The zero-order valence-corrected chi connectivity index (χ0v) is 12.1. The summed E-state index contributed by atoms with van der Waals surface area (Å²) in [5.41, 5.74) is 0.260. The van der Waals surface area contributed by atoms with Crippen LogP contribution in [0.25, 0.3) is 0 Å². The molecule has 0 radical (unpaired) electrons. The molecule has 0 spiro atoms. The van der Waals surface area contributed by atoms with Crippen LogP contribution in [0.15, 0.2) is 0 Å². The maximum atomic E-state index is 6.02. The van der Waals surface area contributed by atoms with Crippen LogP contribution in [0.2, 0.25) is 0 Å². The average Bonchev–Trinajstić information content (AvgIpc) is 3.02. The lowest BCUT2D eigenvalue weighted by Gasteiger charge is -2.45. The molecule has 3 atom stereocenters. The van der Waals surface area contributed by atoms with E-state index in [1.807, 2.05) is 0 Å². The Bertz CT molecular complexity index is 301. The van der Waals surface area contributed by atoms with Gasteiger partial charge in [-0.3, -0.25) is 4.90 Å². The molecule has 0 aromatic rings. The highest BCUT2D eigenvalue weighted by Crippen LogP contribution is 2.37. The van der Waals surface area contributed by atoms with E-state index >= 15 is 0 Å². The Kier molecular flexibility index (Phi) is 3.41. The first kappa shape index (κ1) is 12.9. The van der Waals surface area contributed by atoms with Gasteiger partial charge in [-0.05, 0) is 52.4 Å². The summed E-state index contributed by atoms with van der Waals surface area (Å²) in [6.07, 6.45) is 6.33. The van der Waals surface area contributed by atoms with Gasteiger partial charge in [-0.15, -0.1) is 0 Å². The number of nitrogens with one attached hydrogen (secondary N) is 1. The third-order valence-corrected chi connectivity index (χ3v) is 4.78. The molecule has 0 aromatic heterocycles. The third kappa shape index (κ3) is 2.89. The van der Waals surface area contributed by atoms with Crippen molar-refractivity contribution in [2.75, 3.05) is 19.6 Å². The standard InChI is InChI=1S/C15H28N2O/c1-11-4-7-13(18-11)9-17-10-15(2,3)16-8-14(17)12-5-6-12/h11-14,16H,4-10H2,1-3H3. The van der Waals surface area contributed by atoms with E-state index in [1.165, 1.54) is 38.8 Å². The van der Waals surface area contributed by atoms with Crippen LogP contribution in [0.3, 0.4) is 0 Å². The Morgan fingerprint density at radius 2 is 2.00 bits per heavy atom. The average molecular weight is 252 g/mol. The quantitative estimate of drug-likeness (QED) is 0.831. The van der Waals surface area contributed by atoms with Crippen molar-refractivity contribution in [2.24, 2.45) is 5.92 Å². The molecule has 3 fully saturated rings. The predicted octanol–water partition coefficient (Wildman–Crippen LogP) is 2.02. The van der Waals surface area contributed by atoms with E-state index in [4.69, 9.17) is 4.74 Å². The normalized spacial score (nSPS) is 41.2. The van der Waals surface area contributed by atoms with Gasteiger partial charge in [0.25, 0.3) is 0 Å². The highest BCUT2D eigenvalue weighted by molar-refractivity contribution is 4.99. The lowest BCUT2D eigenvalue weighted by atomic mass is 9.96. The van der Waals surface area contributed by atoms with E-state index < -0.39 is 0 Å². The van der Waals surface area contributed by atoms with Crippen LogP contribution in [0.5, 0.6) is 0 Å². The maximum Gasteiger partial charge on any atom is 0.0706 e. The Morgan fingerprint density at radius 1 is 1.22 bits per heavy atom. The third-order valence-electron chi connectivity index (χ3n) is 4.78. The summed E-state index contributed by atoms with van der Waals surface area (Å²) >= 11 is 0. The number of hydrogen-bond donors (Lipinski definition) is 1. The minimum absolute atomic E-state index is 0.260. The maximum absolute atomic E-state index is 6.02. The zero-order valence-electron chi connectivity index (χ0n) is 12.1. The fraction of sp³-hybridized carbons (Fsp3) is 1.00. The molecule has 2 heterocycles. The largest absolute Gasteiger partial charge is 0.374 e. The SMILES string of the molecule is CC1CCC(CN2CC(C)(C)NCC2C2CC2)O1. The van der Waals surface area contributed by atoms with Crippen molar-refractivity contribution < 1.29 is 4.74 Å². The van der Waals surface area contributed by atoms with Crippen molar-refractivity contribution >= 4 is 0 Å². The minimum atomic E-state index is 0.260. The number of rotatable bonds is 3. The summed E-state index contributed by atoms with van der Waals surface area (Å²) in [7, 11) is 0. The molecule has 1 saturated carbocycles. The molecule has 2 saturated heterocycles. The van der Waals surface area contributed by atoms with Gasteiger partial charge >= 0.3 is 0 Å². The fourth-order valence-corrected chi connectivity index (χ4v) is 3.62. The molecular formula is C15H28N2O. The van der Waals surface area contributed by atoms with Crippen molar-refractivity contribution in [3.05, 3.63) is 0 Å². The number of nitrogens with zero attached hydrogens (tertiary/aromatic N) is 1. The molecule has 0 amide bonds. The van der Waals surface area contributed by atoms with Crippen LogP contribution < -0.4 is 5.32 Å². The lowest BCUT2D eigenvalue weighted by molar-refractivity contribution is -0.00144. The fourth-order valence-electron chi connectivity index (χ4n) is 3.62. The molecule has 3 heteroatoms. The first-order chi connectivity index (χ1) is 8.53. The number of ether oxygens (including phenoxy) is 1. The summed E-state index contributed by atoms with van der Waals surface area (Å²) < 4.78 is 6.02. The van der Waals surface area contributed by atoms with E-state index in [2.05, 4.69) is 31.0 Å². The van der Waals surface area contributed by atoms with Gasteiger partial charge < -0.3 is 10.1 Å². The van der Waals surface area contributed by atoms with Gasteiger partial charge in [-0.25, -0.2) is 0 Å². The predicted molar refractivity (Wildman–Crippen MR) is 73.7 cm³/mol. The summed E-state index contributed by atoms with van der Waals surface area (Å²) in [5, 5.41) is 3.71. The van der Waals surface area contributed by atoms with Gasteiger partial charge in [0.2, 0.25) is 0 Å². The van der Waals surface area contributed by atoms with Gasteiger partial charge in [0.1, 0.15) is 0 Å². The number of hydrogen-bond acceptors (Lipinski definition) is 3. The van der Waals surface area contributed by atoms with Crippen LogP contribution in [-0.2, 0) is 4.74 Å². The smallest absolute Gasteiger partial charge is 0.0706 e. The van der Waals surface area contributed by atoms with Gasteiger partial charge in [-0.1, -0.05) is 0 Å². The van der Waals surface area contributed by atoms with Crippen LogP contribution >= 0.6 is 0 Å². The van der Waals surface area contributed by atoms with E-state index in [0.29, 0.717) is 12.2 Å². The van der Waals surface area contributed by atoms with Crippen molar-refractivity contribution in [3.8, 4) is 0 Å². The van der Waals surface area contributed by atoms with Crippen LogP contribution in [0, 0.1) is 5.92 Å². The lowest BCUT2D eigenvalue weighted by Crippen LogP contribution is -2.63. The Balaban J connectivity index is 1.62. The molecule has 0 aromatic carbocycles. The second kappa shape index (κ2) is 4.77. The minimum Gasteiger partial charge on any atom is -0.374 e. The van der Waals surface area contributed by atoms with Crippen molar-refractivity contribution in [1.29, 1.82) is 0 Å². The Morgan fingerprint density at radius 3 is 2.61 bits per heavy atom. The molecule has 1 aliphatic carbocycles. The molecule has 104 valence electrons. The van der Waals surface area contributed by atoms with E-state index in [1.54, 1.807) is 0 Å². The molecular weight excluding hydrogens is 224 g/mol. The topological polar surface area (TPSA) is 24.5 Å². The van der Waals surface area contributed by atoms with E-state index in [9.17, 15) is 0 Å². The van der Waals surface area contributed by atoms with Gasteiger partial charge in [0, 0.05) is 31.2 Å². The van der Waals surface area contributed by atoms with Gasteiger partial charge in [0.05, 0.1) is 12.2 Å².